The number of aliphatic imine (C=N–C) groups is 1. The van der Waals surface area contributed by atoms with Crippen molar-refractivity contribution in [2.45, 2.75) is 45.1 Å². The van der Waals surface area contributed by atoms with Gasteiger partial charge in [-0.05, 0) is 31.2 Å². The number of rotatable bonds is 7. The Bertz CT molecular complexity index is 523. The molecule has 2 rings (SSSR count). The largest absolute Gasteiger partial charge is 0.355 e. The van der Waals surface area contributed by atoms with Crippen LogP contribution in [0.1, 0.15) is 50.6 Å². The van der Waals surface area contributed by atoms with E-state index in [-0.39, 0.29) is 11.9 Å². The van der Waals surface area contributed by atoms with Gasteiger partial charge in [0.1, 0.15) is 0 Å². The number of hydrogen-bond donors (Lipinski definition) is 3. The van der Waals surface area contributed by atoms with Gasteiger partial charge < -0.3 is 16.0 Å². The van der Waals surface area contributed by atoms with Crippen molar-refractivity contribution in [1.82, 2.24) is 16.0 Å². The van der Waals surface area contributed by atoms with Crippen molar-refractivity contribution in [3.05, 3.63) is 35.9 Å². The Morgan fingerprint density at radius 3 is 2.50 bits per heavy atom. The zero-order valence-electron chi connectivity index (χ0n) is 14.8. The van der Waals surface area contributed by atoms with E-state index in [2.05, 4.69) is 40.0 Å². The summed E-state index contributed by atoms with van der Waals surface area (Å²) in [6.07, 6.45) is 5.65. The fraction of sp³-hybridized carbons (Fsp3) is 0.579. The van der Waals surface area contributed by atoms with Crippen molar-refractivity contribution >= 4 is 11.9 Å². The summed E-state index contributed by atoms with van der Waals surface area (Å²) >= 11 is 0. The van der Waals surface area contributed by atoms with Crippen LogP contribution in [-0.2, 0) is 4.79 Å². The number of carbonyl (C=O) groups excluding carboxylic acids is 1. The highest BCUT2D eigenvalue weighted by Gasteiger charge is 2.17. The average Bonchev–Trinajstić information content (AvgIpc) is 3.11. The molecule has 24 heavy (non-hydrogen) atoms. The summed E-state index contributed by atoms with van der Waals surface area (Å²) in [6.45, 7) is 3.38. The first kappa shape index (κ1) is 18.3. The van der Waals surface area contributed by atoms with Gasteiger partial charge >= 0.3 is 0 Å². The van der Waals surface area contributed by atoms with Gasteiger partial charge in [0.15, 0.2) is 5.96 Å². The van der Waals surface area contributed by atoms with E-state index in [1.54, 1.807) is 7.05 Å². The fourth-order valence-electron chi connectivity index (χ4n) is 3.16. The Balaban J connectivity index is 1.63. The molecule has 5 nitrogen and oxygen atoms in total. The van der Waals surface area contributed by atoms with Crippen molar-refractivity contribution in [2.24, 2.45) is 10.9 Å². The molecule has 0 aromatic heterocycles. The standard InChI is InChI=1S/C19H30N4O/c1-15(17-10-4-3-5-11-17)23-19(20-2)22-13-12-21-18(24)14-16-8-6-7-9-16/h3-5,10-11,15-16H,6-9,12-14H2,1-2H3,(H,21,24)(H2,20,22,23). The summed E-state index contributed by atoms with van der Waals surface area (Å²) in [6, 6.07) is 10.4. The third-order valence-corrected chi connectivity index (χ3v) is 4.56. The van der Waals surface area contributed by atoms with Crippen LogP contribution in [0.3, 0.4) is 0 Å². The second-order valence-corrected chi connectivity index (χ2v) is 6.48. The van der Waals surface area contributed by atoms with Crippen LogP contribution in [0.4, 0.5) is 0 Å². The van der Waals surface area contributed by atoms with Gasteiger partial charge in [0, 0.05) is 26.6 Å². The number of nitrogens with one attached hydrogen (secondary N) is 3. The average molecular weight is 330 g/mol. The monoisotopic (exact) mass is 330 g/mol. The number of hydrogen-bond acceptors (Lipinski definition) is 2. The SMILES string of the molecule is CN=C(NCCNC(=O)CC1CCCC1)NC(C)c1ccccc1. The topological polar surface area (TPSA) is 65.5 Å². The van der Waals surface area contributed by atoms with Crippen molar-refractivity contribution in [1.29, 1.82) is 0 Å². The number of nitrogens with zero attached hydrogens (tertiary/aromatic N) is 1. The predicted octanol–water partition coefficient (Wildman–Crippen LogP) is 2.61. The van der Waals surface area contributed by atoms with E-state index >= 15 is 0 Å². The maximum Gasteiger partial charge on any atom is 0.220 e. The Hall–Kier alpha value is -2.04. The summed E-state index contributed by atoms with van der Waals surface area (Å²) in [7, 11) is 1.76. The van der Waals surface area contributed by atoms with E-state index in [0.717, 1.165) is 5.96 Å². The van der Waals surface area contributed by atoms with Crippen molar-refractivity contribution in [2.75, 3.05) is 20.1 Å². The normalized spacial score (nSPS) is 16.7. The smallest absolute Gasteiger partial charge is 0.220 e. The second-order valence-electron chi connectivity index (χ2n) is 6.48. The number of benzene rings is 1. The summed E-state index contributed by atoms with van der Waals surface area (Å²) in [4.78, 5) is 16.1. The summed E-state index contributed by atoms with van der Waals surface area (Å²) < 4.78 is 0. The molecule has 1 amide bonds. The lowest BCUT2D eigenvalue weighted by Gasteiger charge is -2.18. The third kappa shape index (κ3) is 6.22. The van der Waals surface area contributed by atoms with Crippen LogP contribution in [0, 0.1) is 5.92 Å². The Labute approximate surface area is 145 Å². The molecule has 1 saturated carbocycles. The van der Waals surface area contributed by atoms with Crippen LogP contribution in [0.25, 0.3) is 0 Å². The molecule has 0 heterocycles. The minimum atomic E-state index is 0.171. The highest BCUT2D eigenvalue weighted by Crippen LogP contribution is 2.27. The van der Waals surface area contributed by atoms with E-state index in [4.69, 9.17) is 0 Å². The zero-order valence-corrected chi connectivity index (χ0v) is 14.8. The number of amides is 1. The molecule has 0 aliphatic heterocycles. The lowest BCUT2D eigenvalue weighted by Crippen LogP contribution is -2.42. The molecule has 1 aliphatic carbocycles. The molecular weight excluding hydrogens is 300 g/mol. The van der Waals surface area contributed by atoms with E-state index in [1.807, 2.05) is 18.2 Å². The summed E-state index contributed by atoms with van der Waals surface area (Å²) in [5, 5.41) is 9.59. The van der Waals surface area contributed by atoms with Gasteiger partial charge in [-0.2, -0.15) is 0 Å². The molecular formula is C19H30N4O. The molecule has 1 atom stereocenters. The maximum absolute atomic E-state index is 11.9. The van der Waals surface area contributed by atoms with Crippen molar-refractivity contribution < 1.29 is 4.79 Å². The zero-order chi connectivity index (χ0) is 17.2. The molecule has 0 spiro atoms. The van der Waals surface area contributed by atoms with Gasteiger partial charge in [-0.25, -0.2) is 0 Å². The Morgan fingerprint density at radius 2 is 1.83 bits per heavy atom. The quantitative estimate of drug-likeness (QED) is 0.409. The minimum Gasteiger partial charge on any atom is -0.355 e. The molecule has 1 fully saturated rings. The summed E-state index contributed by atoms with van der Waals surface area (Å²) in [5.74, 6) is 1.51. The van der Waals surface area contributed by atoms with Gasteiger partial charge in [-0.1, -0.05) is 43.2 Å². The molecule has 1 aliphatic rings. The fourth-order valence-corrected chi connectivity index (χ4v) is 3.16. The van der Waals surface area contributed by atoms with Crippen LogP contribution in [0.5, 0.6) is 0 Å². The highest BCUT2D eigenvalue weighted by molar-refractivity contribution is 5.80. The summed E-state index contributed by atoms with van der Waals surface area (Å²) in [5.41, 5.74) is 1.21. The lowest BCUT2D eigenvalue weighted by atomic mass is 10.0. The number of carbonyl (C=O) groups is 1. The van der Waals surface area contributed by atoms with Crippen molar-refractivity contribution in [3.8, 4) is 0 Å². The second kappa shape index (κ2) is 9.96. The molecule has 0 saturated heterocycles. The predicted molar refractivity (Wildman–Crippen MR) is 98.9 cm³/mol. The van der Waals surface area contributed by atoms with E-state index in [1.165, 1.54) is 31.2 Å². The van der Waals surface area contributed by atoms with Crippen LogP contribution >= 0.6 is 0 Å². The van der Waals surface area contributed by atoms with E-state index in [0.29, 0.717) is 25.4 Å². The van der Waals surface area contributed by atoms with Crippen LogP contribution in [0.2, 0.25) is 0 Å². The van der Waals surface area contributed by atoms with E-state index in [9.17, 15) is 4.79 Å². The molecule has 1 unspecified atom stereocenters. The van der Waals surface area contributed by atoms with Gasteiger partial charge in [-0.3, -0.25) is 9.79 Å². The molecule has 0 bridgehead atoms. The third-order valence-electron chi connectivity index (χ3n) is 4.56. The number of guanidine groups is 1. The first-order valence-electron chi connectivity index (χ1n) is 8.98. The van der Waals surface area contributed by atoms with Gasteiger partial charge in [-0.15, -0.1) is 0 Å². The lowest BCUT2D eigenvalue weighted by molar-refractivity contribution is -0.121. The van der Waals surface area contributed by atoms with E-state index < -0.39 is 0 Å². The first-order valence-corrected chi connectivity index (χ1v) is 8.98. The molecule has 132 valence electrons. The van der Waals surface area contributed by atoms with Crippen molar-refractivity contribution in [3.63, 3.8) is 0 Å². The van der Waals surface area contributed by atoms with Crippen LogP contribution in [0.15, 0.2) is 35.3 Å². The van der Waals surface area contributed by atoms with Crippen LogP contribution < -0.4 is 16.0 Å². The minimum absolute atomic E-state index is 0.171. The molecule has 5 heteroatoms. The highest BCUT2D eigenvalue weighted by atomic mass is 16.1. The van der Waals surface area contributed by atoms with Gasteiger partial charge in [0.05, 0.1) is 6.04 Å². The molecule has 1 aromatic carbocycles. The molecule has 3 N–H and O–H groups in total. The van der Waals surface area contributed by atoms with Crippen LogP contribution in [-0.4, -0.2) is 32.0 Å². The molecule has 0 radical (unpaired) electrons. The molecule has 1 aromatic rings. The maximum atomic E-state index is 11.9. The Morgan fingerprint density at radius 1 is 1.17 bits per heavy atom. The Kier molecular flexibility index (Phi) is 7.59. The van der Waals surface area contributed by atoms with Gasteiger partial charge in [0.25, 0.3) is 0 Å². The first-order chi connectivity index (χ1) is 11.7. The van der Waals surface area contributed by atoms with Gasteiger partial charge in [0.2, 0.25) is 5.91 Å².